The first-order valence-corrected chi connectivity index (χ1v) is 8.90. The van der Waals surface area contributed by atoms with Crippen molar-refractivity contribution in [3.8, 4) is 0 Å². The minimum absolute atomic E-state index is 0.517. The van der Waals surface area contributed by atoms with E-state index >= 15 is 0 Å². The van der Waals surface area contributed by atoms with Crippen molar-refractivity contribution in [3.05, 3.63) is 0 Å². The summed E-state index contributed by atoms with van der Waals surface area (Å²) in [6, 6.07) is 2.24. The van der Waals surface area contributed by atoms with Gasteiger partial charge in [-0.1, -0.05) is 40.5 Å². The lowest BCUT2D eigenvalue weighted by atomic mass is 9.71. The molecular formula is C18H36N2. The highest BCUT2D eigenvalue weighted by Crippen LogP contribution is 2.39. The Labute approximate surface area is 126 Å². The number of nitrogens with one attached hydrogen (secondary N) is 1. The molecule has 20 heavy (non-hydrogen) atoms. The third-order valence-corrected chi connectivity index (χ3v) is 5.94. The molecule has 0 saturated heterocycles. The number of nitrogens with zero attached hydrogens (tertiary/aromatic N) is 1. The van der Waals surface area contributed by atoms with Gasteiger partial charge in [0.25, 0.3) is 0 Å². The predicted molar refractivity (Wildman–Crippen MR) is 88.1 cm³/mol. The monoisotopic (exact) mass is 280 g/mol. The fourth-order valence-electron chi connectivity index (χ4n) is 4.62. The van der Waals surface area contributed by atoms with E-state index in [2.05, 4.69) is 45.0 Å². The molecule has 0 aromatic rings. The van der Waals surface area contributed by atoms with Crippen molar-refractivity contribution >= 4 is 0 Å². The van der Waals surface area contributed by atoms with E-state index in [-0.39, 0.29) is 0 Å². The second kappa shape index (κ2) is 6.79. The van der Waals surface area contributed by atoms with Crippen molar-refractivity contribution in [1.29, 1.82) is 0 Å². The molecule has 1 N–H and O–H groups in total. The molecule has 4 atom stereocenters. The van der Waals surface area contributed by atoms with Gasteiger partial charge in [0, 0.05) is 18.1 Å². The van der Waals surface area contributed by atoms with Crippen LogP contribution in [0.2, 0.25) is 0 Å². The van der Waals surface area contributed by atoms with Crippen LogP contribution in [0.1, 0.15) is 72.6 Å². The Kier molecular flexibility index (Phi) is 5.53. The summed E-state index contributed by atoms with van der Waals surface area (Å²) in [5, 5.41) is 3.77. The summed E-state index contributed by atoms with van der Waals surface area (Å²) < 4.78 is 0. The van der Waals surface area contributed by atoms with Crippen LogP contribution in [-0.2, 0) is 0 Å². The lowest BCUT2D eigenvalue weighted by Gasteiger charge is -2.49. The smallest absolute Gasteiger partial charge is 0.0254 e. The van der Waals surface area contributed by atoms with E-state index in [0.717, 1.165) is 24.5 Å². The molecule has 118 valence electrons. The largest absolute Gasteiger partial charge is 0.313 e. The third kappa shape index (κ3) is 3.76. The first-order chi connectivity index (χ1) is 9.44. The van der Waals surface area contributed by atoms with Gasteiger partial charge in [-0.05, 0) is 57.0 Å². The second-order valence-electron chi connectivity index (χ2n) is 8.13. The molecule has 0 radical (unpaired) electrons. The molecule has 2 aliphatic carbocycles. The highest BCUT2D eigenvalue weighted by molar-refractivity contribution is 4.96. The Hall–Kier alpha value is -0.0800. The zero-order valence-corrected chi connectivity index (χ0v) is 14.4. The van der Waals surface area contributed by atoms with Crippen LogP contribution >= 0.6 is 0 Å². The van der Waals surface area contributed by atoms with Gasteiger partial charge in [0.2, 0.25) is 0 Å². The lowest BCUT2D eigenvalue weighted by molar-refractivity contribution is 0.0254. The van der Waals surface area contributed by atoms with E-state index in [4.69, 9.17) is 0 Å². The molecule has 2 saturated carbocycles. The lowest BCUT2D eigenvalue weighted by Crippen LogP contribution is -2.57. The first-order valence-electron chi connectivity index (χ1n) is 8.90. The van der Waals surface area contributed by atoms with Crippen molar-refractivity contribution in [2.75, 3.05) is 13.6 Å². The Morgan fingerprint density at radius 2 is 1.80 bits per heavy atom. The highest BCUT2D eigenvalue weighted by Gasteiger charge is 2.39. The molecule has 2 aliphatic rings. The number of likely N-dealkylation sites (N-methyl/N-ethyl adjacent to an activating group) is 2. The summed E-state index contributed by atoms with van der Waals surface area (Å²) in [6.07, 6.45) is 9.78. The van der Waals surface area contributed by atoms with Crippen LogP contribution in [0.15, 0.2) is 0 Å². The molecule has 2 rings (SSSR count). The van der Waals surface area contributed by atoms with E-state index in [9.17, 15) is 0 Å². The average Bonchev–Trinajstić information content (AvgIpc) is 2.40. The second-order valence-corrected chi connectivity index (χ2v) is 8.13. The Balaban J connectivity index is 2.07. The molecule has 2 nitrogen and oxygen atoms in total. The van der Waals surface area contributed by atoms with Crippen LogP contribution in [0, 0.1) is 11.3 Å². The van der Waals surface area contributed by atoms with Crippen LogP contribution in [-0.4, -0.2) is 36.6 Å². The molecule has 2 fully saturated rings. The Morgan fingerprint density at radius 3 is 2.45 bits per heavy atom. The zero-order chi connectivity index (χ0) is 14.8. The van der Waals surface area contributed by atoms with E-state index < -0.39 is 0 Å². The zero-order valence-electron chi connectivity index (χ0n) is 14.4. The SMILES string of the molecule is CCNC1CCC(C)(C)CC1N(C)C1CCCCC1C. The summed E-state index contributed by atoms with van der Waals surface area (Å²) in [6.45, 7) is 10.7. The average molecular weight is 280 g/mol. The maximum absolute atomic E-state index is 3.77. The van der Waals surface area contributed by atoms with Gasteiger partial charge in [-0.15, -0.1) is 0 Å². The number of hydrogen-bond acceptors (Lipinski definition) is 2. The van der Waals surface area contributed by atoms with Crippen LogP contribution in [0.4, 0.5) is 0 Å². The number of rotatable bonds is 4. The van der Waals surface area contributed by atoms with Gasteiger partial charge >= 0.3 is 0 Å². The fraction of sp³-hybridized carbons (Fsp3) is 1.00. The van der Waals surface area contributed by atoms with Gasteiger partial charge in [0.15, 0.2) is 0 Å². The number of hydrogen-bond donors (Lipinski definition) is 1. The van der Waals surface area contributed by atoms with Crippen LogP contribution < -0.4 is 5.32 Å². The predicted octanol–water partition coefficient (Wildman–Crippen LogP) is 4.05. The summed E-state index contributed by atoms with van der Waals surface area (Å²) in [4.78, 5) is 2.76. The van der Waals surface area contributed by atoms with Gasteiger partial charge in [-0.2, -0.15) is 0 Å². The molecule has 0 heterocycles. The standard InChI is InChI=1S/C18H36N2/c1-6-19-15-11-12-18(3,4)13-17(15)20(5)16-10-8-7-9-14(16)2/h14-17,19H,6-13H2,1-5H3. The first kappa shape index (κ1) is 16.3. The molecule has 0 spiro atoms. The molecule has 0 bridgehead atoms. The maximum Gasteiger partial charge on any atom is 0.0254 e. The van der Waals surface area contributed by atoms with Crippen molar-refractivity contribution in [1.82, 2.24) is 10.2 Å². The maximum atomic E-state index is 3.77. The minimum Gasteiger partial charge on any atom is -0.313 e. The van der Waals surface area contributed by atoms with Gasteiger partial charge in [-0.3, -0.25) is 4.90 Å². The Bertz CT molecular complexity index is 300. The fourth-order valence-corrected chi connectivity index (χ4v) is 4.62. The summed E-state index contributed by atoms with van der Waals surface area (Å²) >= 11 is 0. The van der Waals surface area contributed by atoms with Crippen LogP contribution in [0.25, 0.3) is 0 Å². The molecular weight excluding hydrogens is 244 g/mol. The van der Waals surface area contributed by atoms with E-state index in [0.29, 0.717) is 11.5 Å². The summed E-state index contributed by atoms with van der Waals surface area (Å²) in [5.74, 6) is 0.876. The molecule has 2 heteroatoms. The Morgan fingerprint density at radius 1 is 1.10 bits per heavy atom. The molecule has 0 aliphatic heterocycles. The third-order valence-electron chi connectivity index (χ3n) is 5.94. The van der Waals surface area contributed by atoms with Gasteiger partial charge in [0.1, 0.15) is 0 Å². The van der Waals surface area contributed by atoms with E-state index in [1.165, 1.54) is 44.9 Å². The summed E-state index contributed by atoms with van der Waals surface area (Å²) in [7, 11) is 2.41. The van der Waals surface area contributed by atoms with Gasteiger partial charge in [0.05, 0.1) is 0 Å². The minimum atomic E-state index is 0.517. The quantitative estimate of drug-likeness (QED) is 0.835. The van der Waals surface area contributed by atoms with Crippen molar-refractivity contribution in [2.24, 2.45) is 11.3 Å². The molecule has 0 amide bonds. The topological polar surface area (TPSA) is 15.3 Å². The van der Waals surface area contributed by atoms with E-state index in [1.54, 1.807) is 0 Å². The summed E-state index contributed by atoms with van der Waals surface area (Å²) in [5.41, 5.74) is 0.517. The van der Waals surface area contributed by atoms with E-state index in [1.807, 2.05) is 0 Å². The van der Waals surface area contributed by atoms with Crippen LogP contribution in [0.5, 0.6) is 0 Å². The van der Waals surface area contributed by atoms with Gasteiger partial charge < -0.3 is 5.32 Å². The molecule has 4 unspecified atom stereocenters. The normalized spacial score (nSPS) is 38.1. The highest BCUT2D eigenvalue weighted by atomic mass is 15.2. The van der Waals surface area contributed by atoms with Crippen LogP contribution in [0.3, 0.4) is 0 Å². The molecule has 0 aromatic carbocycles. The van der Waals surface area contributed by atoms with Crippen molar-refractivity contribution in [3.63, 3.8) is 0 Å². The van der Waals surface area contributed by atoms with Crippen molar-refractivity contribution in [2.45, 2.75) is 90.8 Å². The van der Waals surface area contributed by atoms with Crippen molar-refractivity contribution < 1.29 is 0 Å². The van der Waals surface area contributed by atoms with Gasteiger partial charge in [-0.25, -0.2) is 0 Å². The molecule has 0 aromatic heterocycles.